The summed E-state index contributed by atoms with van der Waals surface area (Å²) >= 11 is 0. The molecule has 2 N–H and O–H groups in total. The molecule has 1 atom stereocenters. The van der Waals surface area contributed by atoms with Crippen LogP contribution in [0, 0.1) is 0 Å². The largest absolute Gasteiger partial charge is 0.480 e. The topological polar surface area (TPSA) is 86.3 Å². The fourth-order valence-corrected chi connectivity index (χ4v) is 2.90. The van der Waals surface area contributed by atoms with Crippen LogP contribution in [-0.4, -0.2) is 44.2 Å². The molecule has 6 heteroatoms. The molecule has 3 rings (SSSR count). The molecule has 0 saturated carbocycles. The second kappa shape index (κ2) is 4.87. The number of nitrogens with zero attached hydrogens (tertiary/aromatic N) is 2. The van der Waals surface area contributed by atoms with E-state index < -0.39 is 11.5 Å². The third-order valence-corrected chi connectivity index (χ3v) is 4.28. The lowest BCUT2D eigenvalue weighted by molar-refractivity contribution is -0.150. The number of carbonyl (C=O) groups excluding carboxylic acids is 1. The van der Waals surface area contributed by atoms with Gasteiger partial charge in [0.2, 0.25) is 0 Å². The Hall–Kier alpha value is -2.37. The van der Waals surface area contributed by atoms with E-state index in [4.69, 9.17) is 0 Å². The van der Waals surface area contributed by atoms with Crippen molar-refractivity contribution < 1.29 is 14.7 Å². The molecule has 2 aromatic rings. The van der Waals surface area contributed by atoms with Crippen LogP contribution in [0.25, 0.3) is 10.9 Å². The fraction of sp³-hybridized carbons (Fsp3) is 0.400. The van der Waals surface area contributed by atoms with Crippen LogP contribution in [0.1, 0.15) is 36.5 Å². The summed E-state index contributed by atoms with van der Waals surface area (Å²) in [6.45, 7) is 2.10. The highest BCUT2D eigenvalue weighted by Gasteiger charge is 2.44. The van der Waals surface area contributed by atoms with Gasteiger partial charge in [-0.1, -0.05) is 0 Å². The second-order valence-corrected chi connectivity index (χ2v) is 5.66. The maximum absolute atomic E-state index is 12.7. The minimum absolute atomic E-state index is 0.234. The molecule has 1 aliphatic rings. The molecule has 0 radical (unpaired) electrons. The molecule has 1 saturated heterocycles. The van der Waals surface area contributed by atoms with Crippen LogP contribution >= 0.6 is 0 Å². The smallest absolute Gasteiger partial charge is 0.329 e. The minimum Gasteiger partial charge on any atom is -0.480 e. The Morgan fingerprint density at radius 1 is 1.38 bits per heavy atom. The number of rotatable bonds is 2. The first-order chi connectivity index (χ1) is 10.0. The molecule has 1 unspecified atom stereocenters. The number of amides is 1. The summed E-state index contributed by atoms with van der Waals surface area (Å²) in [5.74, 6) is -1.18. The Morgan fingerprint density at radius 3 is 2.95 bits per heavy atom. The van der Waals surface area contributed by atoms with Gasteiger partial charge in [-0.25, -0.2) is 4.79 Å². The van der Waals surface area contributed by atoms with E-state index >= 15 is 0 Å². The van der Waals surface area contributed by atoms with Crippen LogP contribution in [0.2, 0.25) is 0 Å². The van der Waals surface area contributed by atoms with E-state index in [0.717, 1.165) is 23.7 Å². The molecule has 1 amide bonds. The summed E-state index contributed by atoms with van der Waals surface area (Å²) in [5.41, 5.74) is 0.227. The number of fused-ring (bicyclic) bond motifs is 1. The van der Waals surface area contributed by atoms with Crippen LogP contribution in [0.15, 0.2) is 24.4 Å². The lowest BCUT2D eigenvalue weighted by atomic mass is 9.87. The second-order valence-electron chi connectivity index (χ2n) is 5.66. The Morgan fingerprint density at radius 2 is 2.19 bits per heavy atom. The van der Waals surface area contributed by atoms with Crippen LogP contribution in [0.3, 0.4) is 0 Å². The third-order valence-electron chi connectivity index (χ3n) is 4.28. The van der Waals surface area contributed by atoms with E-state index in [1.54, 1.807) is 31.3 Å². The number of carboxylic acid groups (broad SMARTS) is 1. The van der Waals surface area contributed by atoms with Gasteiger partial charge < -0.3 is 10.0 Å². The SMILES string of the molecule is CC1(C(=O)O)CCCCN1C(=O)c1ccc2[nH]ncc2c1. The van der Waals surface area contributed by atoms with E-state index in [9.17, 15) is 14.7 Å². The molecule has 21 heavy (non-hydrogen) atoms. The van der Waals surface area contributed by atoms with Crippen molar-refractivity contribution in [1.29, 1.82) is 0 Å². The number of aromatic nitrogens is 2. The van der Waals surface area contributed by atoms with E-state index in [1.165, 1.54) is 4.90 Å². The first-order valence-corrected chi connectivity index (χ1v) is 7.01. The van der Waals surface area contributed by atoms with Gasteiger partial charge in [0, 0.05) is 17.5 Å². The minimum atomic E-state index is -1.12. The molecule has 1 aromatic heterocycles. The van der Waals surface area contributed by atoms with Crippen LogP contribution in [0.5, 0.6) is 0 Å². The van der Waals surface area contributed by atoms with Gasteiger partial charge in [-0.15, -0.1) is 0 Å². The molecule has 0 bridgehead atoms. The Bertz CT molecular complexity index is 709. The number of nitrogens with one attached hydrogen (secondary N) is 1. The number of hydrogen-bond donors (Lipinski definition) is 2. The van der Waals surface area contributed by atoms with Gasteiger partial charge in [0.25, 0.3) is 5.91 Å². The average molecular weight is 287 g/mol. The number of hydrogen-bond acceptors (Lipinski definition) is 3. The van der Waals surface area contributed by atoms with E-state index in [0.29, 0.717) is 18.5 Å². The molecule has 1 aliphatic heterocycles. The van der Waals surface area contributed by atoms with Crippen LogP contribution in [0.4, 0.5) is 0 Å². The van der Waals surface area contributed by atoms with Crippen molar-refractivity contribution in [2.75, 3.05) is 6.54 Å². The molecule has 0 spiro atoms. The van der Waals surface area contributed by atoms with Gasteiger partial charge in [0.1, 0.15) is 5.54 Å². The number of likely N-dealkylation sites (tertiary alicyclic amines) is 1. The van der Waals surface area contributed by atoms with Crippen molar-refractivity contribution in [3.8, 4) is 0 Å². The summed E-state index contributed by atoms with van der Waals surface area (Å²) < 4.78 is 0. The Labute approximate surface area is 121 Å². The predicted octanol–water partition coefficient (Wildman–Crippen LogP) is 2.03. The van der Waals surface area contributed by atoms with Crippen molar-refractivity contribution >= 4 is 22.8 Å². The number of aromatic amines is 1. The molecule has 1 fully saturated rings. The van der Waals surface area contributed by atoms with Gasteiger partial charge in [0.15, 0.2) is 0 Å². The van der Waals surface area contributed by atoms with Crippen LogP contribution < -0.4 is 0 Å². The predicted molar refractivity (Wildman–Crippen MR) is 77.0 cm³/mol. The molecule has 1 aromatic carbocycles. The summed E-state index contributed by atoms with van der Waals surface area (Å²) in [4.78, 5) is 25.8. The zero-order valence-corrected chi connectivity index (χ0v) is 11.8. The summed E-state index contributed by atoms with van der Waals surface area (Å²) in [7, 11) is 0. The highest BCUT2D eigenvalue weighted by atomic mass is 16.4. The van der Waals surface area contributed by atoms with Crippen molar-refractivity contribution in [1.82, 2.24) is 15.1 Å². The summed E-state index contributed by atoms with van der Waals surface area (Å²) in [5, 5.41) is 17.1. The van der Waals surface area contributed by atoms with E-state index in [2.05, 4.69) is 10.2 Å². The fourth-order valence-electron chi connectivity index (χ4n) is 2.90. The first-order valence-electron chi connectivity index (χ1n) is 7.01. The number of benzene rings is 1. The highest BCUT2D eigenvalue weighted by molar-refractivity contribution is 6.00. The molecule has 0 aliphatic carbocycles. The first kappa shape index (κ1) is 13.6. The number of carbonyl (C=O) groups is 2. The lowest BCUT2D eigenvalue weighted by Crippen LogP contribution is -2.57. The standard InChI is InChI=1S/C15H17N3O3/c1-15(14(20)21)6-2-3-7-18(15)13(19)10-4-5-12-11(8-10)9-16-17-12/h4-5,8-9H,2-3,6-7H2,1H3,(H,16,17)(H,20,21). The maximum Gasteiger partial charge on any atom is 0.329 e. The summed E-state index contributed by atoms with van der Waals surface area (Å²) in [6.07, 6.45) is 3.80. The van der Waals surface area contributed by atoms with Gasteiger partial charge in [-0.05, 0) is 44.4 Å². The molecule has 110 valence electrons. The van der Waals surface area contributed by atoms with Gasteiger partial charge >= 0.3 is 5.97 Å². The van der Waals surface area contributed by atoms with Gasteiger partial charge in [-0.2, -0.15) is 5.10 Å². The number of carboxylic acids is 1. The molecule has 6 nitrogen and oxygen atoms in total. The Balaban J connectivity index is 1.97. The Kier molecular flexibility index (Phi) is 3.16. The van der Waals surface area contributed by atoms with Crippen molar-refractivity contribution in [3.05, 3.63) is 30.0 Å². The third kappa shape index (κ3) is 2.16. The molecular formula is C15H17N3O3. The van der Waals surface area contributed by atoms with Crippen LogP contribution in [-0.2, 0) is 4.79 Å². The van der Waals surface area contributed by atoms with E-state index in [1.807, 2.05) is 0 Å². The number of aliphatic carboxylic acids is 1. The highest BCUT2D eigenvalue weighted by Crippen LogP contribution is 2.30. The number of piperidine rings is 1. The zero-order valence-electron chi connectivity index (χ0n) is 11.8. The quantitative estimate of drug-likeness (QED) is 0.885. The molecule has 2 heterocycles. The van der Waals surface area contributed by atoms with E-state index in [-0.39, 0.29) is 5.91 Å². The zero-order chi connectivity index (χ0) is 15.0. The van der Waals surface area contributed by atoms with Crippen molar-refractivity contribution in [2.24, 2.45) is 0 Å². The van der Waals surface area contributed by atoms with Gasteiger partial charge in [-0.3, -0.25) is 9.89 Å². The monoisotopic (exact) mass is 287 g/mol. The molecular weight excluding hydrogens is 270 g/mol. The van der Waals surface area contributed by atoms with Crippen molar-refractivity contribution in [3.63, 3.8) is 0 Å². The maximum atomic E-state index is 12.7. The van der Waals surface area contributed by atoms with Crippen molar-refractivity contribution in [2.45, 2.75) is 31.7 Å². The summed E-state index contributed by atoms with van der Waals surface area (Å²) in [6, 6.07) is 5.25. The normalized spacial score (nSPS) is 22.4. The lowest BCUT2D eigenvalue weighted by Gasteiger charge is -2.41. The van der Waals surface area contributed by atoms with Gasteiger partial charge in [0.05, 0.1) is 11.7 Å². The number of H-pyrrole nitrogens is 1. The average Bonchev–Trinajstić information content (AvgIpc) is 2.94.